The maximum absolute atomic E-state index is 13.1. The first-order valence-electron chi connectivity index (χ1n) is 9.33. The largest absolute Gasteiger partial charge is 0.497 e. The van der Waals surface area contributed by atoms with E-state index < -0.39 is 18.5 Å². The minimum absolute atomic E-state index is 0.200. The molecule has 3 rings (SSSR count). The van der Waals surface area contributed by atoms with Crippen LogP contribution in [0.25, 0.3) is 12.2 Å². The Hall–Kier alpha value is -2.61. The molecule has 0 bridgehead atoms. The van der Waals surface area contributed by atoms with Gasteiger partial charge in [0, 0.05) is 24.5 Å². The molecule has 7 heteroatoms. The smallest absolute Gasteiger partial charge is 0.202 e. The fraction of sp³-hybridized carbons (Fsp3) is 0.364. The van der Waals surface area contributed by atoms with Gasteiger partial charge in [0.25, 0.3) is 0 Å². The highest BCUT2D eigenvalue weighted by Crippen LogP contribution is 2.39. The summed E-state index contributed by atoms with van der Waals surface area (Å²) in [5.74, 6) is 1.13. The van der Waals surface area contributed by atoms with Gasteiger partial charge >= 0.3 is 0 Å². The third-order valence-corrected chi connectivity index (χ3v) is 4.63. The van der Waals surface area contributed by atoms with Crippen molar-refractivity contribution in [3.63, 3.8) is 0 Å². The van der Waals surface area contributed by atoms with Crippen molar-refractivity contribution in [1.29, 1.82) is 0 Å². The highest BCUT2D eigenvalue weighted by molar-refractivity contribution is 5.75. The molecular formula is C22H25FO6. The van der Waals surface area contributed by atoms with Crippen LogP contribution >= 0.6 is 0 Å². The quantitative estimate of drug-likeness (QED) is 0.690. The van der Waals surface area contributed by atoms with E-state index in [2.05, 4.69) is 0 Å². The Morgan fingerprint density at radius 2 is 1.86 bits per heavy atom. The monoisotopic (exact) mass is 404 g/mol. The van der Waals surface area contributed by atoms with E-state index >= 15 is 0 Å². The standard InChI is InChI=1S/C22H25FO6/c1-26-18-9-15(6-3-14-4-7-16(23)8-5-14)22(20(12-18)27-2)29-21-11-17(25)10-19(13-24)28-21/h3-9,12,17,19,21,24-25H,10-11,13H2,1-2H3/b6-3+/t17?,19-,21-/m0/s1. The van der Waals surface area contributed by atoms with Crippen molar-refractivity contribution >= 4 is 12.2 Å². The van der Waals surface area contributed by atoms with E-state index in [4.69, 9.17) is 18.9 Å². The molecule has 6 nitrogen and oxygen atoms in total. The van der Waals surface area contributed by atoms with Crippen LogP contribution < -0.4 is 14.2 Å². The van der Waals surface area contributed by atoms with Crippen LogP contribution in [0, 0.1) is 5.82 Å². The Labute approximate surface area is 169 Å². The zero-order valence-electron chi connectivity index (χ0n) is 16.4. The van der Waals surface area contributed by atoms with Crippen LogP contribution in [0.1, 0.15) is 24.0 Å². The maximum Gasteiger partial charge on any atom is 0.202 e. The van der Waals surface area contributed by atoms with Gasteiger partial charge in [-0.3, -0.25) is 0 Å². The third-order valence-electron chi connectivity index (χ3n) is 4.63. The van der Waals surface area contributed by atoms with Crippen LogP contribution in [-0.2, 0) is 4.74 Å². The van der Waals surface area contributed by atoms with E-state index in [0.29, 0.717) is 29.2 Å². The topological polar surface area (TPSA) is 77.4 Å². The number of ether oxygens (including phenoxy) is 4. The van der Waals surface area contributed by atoms with Crippen LogP contribution in [-0.4, -0.2) is 49.5 Å². The summed E-state index contributed by atoms with van der Waals surface area (Å²) in [5, 5.41) is 19.4. The molecule has 2 N–H and O–H groups in total. The number of aliphatic hydroxyl groups is 2. The molecule has 0 amide bonds. The first-order valence-corrected chi connectivity index (χ1v) is 9.33. The molecule has 156 valence electrons. The summed E-state index contributed by atoms with van der Waals surface area (Å²) in [4.78, 5) is 0. The van der Waals surface area contributed by atoms with E-state index in [9.17, 15) is 14.6 Å². The van der Waals surface area contributed by atoms with Crippen LogP contribution in [0.3, 0.4) is 0 Å². The van der Waals surface area contributed by atoms with Crippen molar-refractivity contribution in [2.45, 2.75) is 31.3 Å². The zero-order valence-corrected chi connectivity index (χ0v) is 16.4. The summed E-state index contributed by atoms with van der Waals surface area (Å²) in [6.45, 7) is -0.200. The van der Waals surface area contributed by atoms with Crippen LogP contribution in [0.15, 0.2) is 36.4 Å². The number of aliphatic hydroxyl groups excluding tert-OH is 2. The highest BCUT2D eigenvalue weighted by atomic mass is 19.1. The van der Waals surface area contributed by atoms with Gasteiger partial charge in [-0.25, -0.2) is 4.39 Å². The lowest BCUT2D eigenvalue weighted by molar-refractivity contribution is -0.185. The molecule has 3 atom stereocenters. The Bertz CT molecular complexity index is 836. The molecule has 0 radical (unpaired) electrons. The number of hydrogen-bond acceptors (Lipinski definition) is 6. The van der Waals surface area contributed by atoms with Gasteiger partial charge in [0.15, 0.2) is 11.5 Å². The van der Waals surface area contributed by atoms with Gasteiger partial charge in [-0.1, -0.05) is 24.3 Å². The van der Waals surface area contributed by atoms with Crippen LogP contribution in [0.4, 0.5) is 4.39 Å². The summed E-state index contributed by atoms with van der Waals surface area (Å²) in [7, 11) is 3.07. The summed E-state index contributed by atoms with van der Waals surface area (Å²) in [6, 6.07) is 9.56. The number of rotatable bonds is 7. The van der Waals surface area contributed by atoms with Crippen molar-refractivity contribution in [3.05, 3.63) is 53.3 Å². The molecule has 0 aromatic heterocycles. The van der Waals surface area contributed by atoms with Gasteiger partial charge < -0.3 is 29.2 Å². The number of methoxy groups -OCH3 is 2. The molecule has 0 spiro atoms. The SMILES string of the molecule is COc1cc(/C=C/c2ccc(F)cc2)c(O[C@H]2CC(O)C[C@@H](CO)O2)c(OC)c1. The predicted octanol–water partition coefficient (Wildman–Crippen LogP) is 3.25. The Morgan fingerprint density at radius 1 is 1.10 bits per heavy atom. The molecule has 1 aliphatic rings. The van der Waals surface area contributed by atoms with Gasteiger partial charge in [-0.15, -0.1) is 0 Å². The summed E-state index contributed by atoms with van der Waals surface area (Å²) in [5.41, 5.74) is 1.47. The van der Waals surface area contributed by atoms with Crippen LogP contribution in [0.2, 0.25) is 0 Å². The second kappa shape index (κ2) is 9.73. The second-order valence-electron chi connectivity index (χ2n) is 6.75. The van der Waals surface area contributed by atoms with E-state index in [1.54, 1.807) is 37.5 Å². The number of halogens is 1. The zero-order chi connectivity index (χ0) is 20.8. The molecule has 2 aromatic rings. The summed E-state index contributed by atoms with van der Waals surface area (Å²) < 4.78 is 35.7. The van der Waals surface area contributed by atoms with Gasteiger partial charge in [0.1, 0.15) is 11.6 Å². The summed E-state index contributed by atoms with van der Waals surface area (Å²) in [6.07, 6.45) is 2.38. The normalized spacial score (nSPS) is 21.9. The lowest BCUT2D eigenvalue weighted by atomic mass is 10.1. The minimum Gasteiger partial charge on any atom is -0.497 e. The molecule has 1 saturated heterocycles. The average Bonchev–Trinajstić information content (AvgIpc) is 2.73. The minimum atomic E-state index is -0.740. The van der Waals surface area contributed by atoms with Crippen LogP contribution in [0.5, 0.6) is 17.2 Å². The fourth-order valence-electron chi connectivity index (χ4n) is 3.15. The van der Waals surface area contributed by atoms with Crippen molar-refractivity contribution in [2.75, 3.05) is 20.8 Å². The second-order valence-corrected chi connectivity index (χ2v) is 6.75. The maximum atomic E-state index is 13.1. The van der Waals surface area contributed by atoms with Crippen molar-refractivity contribution in [2.24, 2.45) is 0 Å². The Kier molecular flexibility index (Phi) is 7.09. The molecular weight excluding hydrogens is 379 g/mol. The lowest BCUT2D eigenvalue weighted by Crippen LogP contribution is -2.40. The van der Waals surface area contributed by atoms with E-state index in [1.807, 2.05) is 6.08 Å². The predicted molar refractivity (Wildman–Crippen MR) is 106 cm³/mol. The molecule has 0 saturated carbocycles. The number of benzene rings is 2. The fourth-order valence-corrected chi connectivity index (χ4v) is 3.15. The molecule has 1 fully saturated rings. The van der Waals surface area contributed by atoms with Gasteiger partial charge in [-0.05, 0) is 23.8 Å². The molecule has 1 unspecified atom stereocenters. The molecule has 29 heavy (non-hydrogen) atoms. The van der Waals surface area contributed by atoms with E-state index in [-0.39, 0.29) is 18.8 Å². The first kappa shape index (κ1) is 21.1. The molecule has 0 aliphatic carbocycles. The lowest BCUT2D eigenvalue weighted by Gasteiger charge is -2.32. The Morgan fingerprint density at radius 3 is 2.52 bits per heavy atom. The first-order chi connectivity index (χ1) is 14.0. The van der Waals surface area contributed by atoms with Crippen molar-refractivity contribution in [1.82, 2.24) is 0 Å². The van der Waals surface area contributed by atoms with E-state index in [0.717, 1.165) is 5.56 Å². The molecule has 2 aromatic carbocycles. The highest BCUT2D eigenvalue weighted by Gasteiger charge is 2.30. The van der Waals surface area contributed by atoms with E-state index in [1.165, 1.54) is 19.2 Å². The average molecular weight is 404 g/mol. The molecule has 1 aliphatic heterocycles. The Balaban J connectivity index is 1.92. The van der Waals surface area contributed by atoms with Gasteiger partial charge in [0.05, 0.1) is 33.0 Å². The van der Waals surface area contributed by atoms with Gasteiger partial charge in [0.2, 0.25) is 6.29 Å². The molecule has 1 heterocycles. The van der Waals surface area contributed by atoms with Gasteiger partial charge in [-0.2, -0.15) is 0 Å². The number of hydrogen-bond donors (Lipinski definition) is 2. The third kappa shape index (κ3) is 5.47. The van der Waals surface area contributed by atoms with Crippen molar-refractivity contribution in [3.8, 4) is 17.2 Å². The van der Waals surface area contributed by atoms with Crippen molar-refractivity contribution < 1.29 is 33.6 Å². The summed E-state index contributed by atoms with van der Waals surface area (Å²) >= 11 is 0.